The van der Waals surface area contributed by atoms with Crippen molar-refractivity contribution in [1.82, 2.24) is 0 Å². The predicted molar refractivity (Wildman–Crippen MR) is 149 cm³/mol. The van der Waals surface area contributed by atoms with Gasteiger partial charge in [-0.1, -0.05) is 91.0 Å². The number of hydrogen-bond acceptors (Lipinski definition) is 8. The largest absolute Gasteiger partial charge is 0.394 e. The van der Waals surface area contributed by atoms with Gasteiger partial charge in [-0.25, -0.2) is 0 Å². The second kappa shape index (κ2) is 12.9. The third kappa shape index (κ3) is 6.97. The average molecular weight is 550 g/mol. The summed E-state index contributed by atoms with van der Waals surface area (Å²) in [4.78, 5) is 0. The second-order valence-corrected chi connectivity index (χ2v) is 10.9. The van der Waals surface area contributed by atoms with Gasteiger partial charge in [-0.2, -0.15) is 0 Å². The van der Waals surface area contributed by atoms with Crippen LogP contribution < -0.4 is 5.73 Å². The second-order valence-electron chi connectivity index (χ2n) is 10.9. The number of nitrogens with two attached hydrogens (primary N) is 1. The predicted octanol–water partition coefficient (Wildman–Crippen LogP) is 3.94. The summed E-state index contributed by atoms with van der Waals surface area (Å²) in [7, 11) is 0. The van der Waals surface area contributed by atoms with Crippen LogP contribution in [0.15, 0.2) is 91.0 Å². The highest BCUT2D eigenvalue weighted by atomic mass is 16.8. The summed E-state index contributed by atoms with van der Waals surface area (Å²) in [5.74, 6) is -0.851. The average Bonchev–Trinajstić information content (AvgIpc) is 3.46. The fraction of sp³-hybridized carbons (Fsp3) is 0.438. The molecule has 0 amide bonds. The highest BCUT2D eigenvalue weighted by molar-refractivity contribution is 5.16. The van der Waals surface area contributed by atoms with Gasteiger partial charge < -0.3 is 39.3 Å². The summed E-state index contributed by atoms with van der Waals surface area (Å²) < 4.78 is 37.7. The van der Waals surface area contributed by atoms with Crippen molar-refractivity contribution in [2.24, 2.45) is 5.73 Å². The van der Waals surface area contributed by atoms with Crippen molar-refractivity contribution in [1.29, 1.82) is 0 Å². The van der Waals surface area contributed by atoms with Gasteiger partial charge in [0.2, 0.25) is 0 Å². The Kier molecular flexibility index (Phi) is 9.30. The minimum atomic E-state index is -1.30. The highest BCUT2D eigenvalue weighted by Gasteiger charge is 2.60. The molecule has 5 rings (SSSR count). The third-order valence-corrected chi connectivity index (χ3v) is 7.22. The fourth-order valence-electron chi connectivity index (χ4n) is 5.22. The zero-order valence-corrected chi connectivity index (χ0v) is 23.1. The maximum absolute atomic E-state index is 10.6. The number of rotatable bonds is 13. The Morgan fingerprint density at radius 2 is 1.32 bits per heavy atom. The molecule has 0 radical (unpaired) electrons. The van der Waals surface area contributed by atoms with Gasteiger partial charge in [0, 0.05) is 0 Å². The lowest BCUT2D eigenvalue weighted by molar-refractivity contribution is -0.255. The van der Waals surface area contributed by atoms with Crippen LogP contribution in [0.25, 0.3) is 0 Å². The first-order valence-electron chi connectivity index (χ1n) is 13.7. The van der Waals surface area contributed by atoms with Crippen LogP contribution in [0.5, 0.6) is 0 Å². The summed E-state index contributed by atoms with van der Waals surface area (Å²) >= 11 is 0. The first-order chi connectivity index (χ1) is 19.4. The minimum absolute atomic E-state index is 0.0366. The summed E-state index contributed by atoms with van der Waals surface area (Å²) in [6, 6.07) is 29.5. The Morgan fingerprint density at radius 3 is 1.90 bits per heavy atom. The van der Waals surface area contributed by atoms with Crippen LogP contribution in [-0.2, 0) is 48.2 Å². The topological polar surface area (TPSA) is 102 Å². The molecule has 0 spiro atoms. The molecule has 2 saturated heterocycles. The van der Waals surface area contributed by atoms with E-state index in [0.29, 0.717) is 13.2 Å². The summed E-state index contributed by atoms with van der Waals surface area (Å²) in [5, 5.41) is 10.6. The molecule has 0 unspecified atom stereocenters. The molecule has 6 atom stereocenters. The van der Waals surface area contributed by atoms with Crippen LogP contribution >= 0.6 is 0 Å². The number of aliphatic hydroxyl groups is 1. The van der Waals surface area contributed by atoms with Crippen molar-refractivity contribution >= 4 is 0 Å². The smallest absolute Gasteiger partial charge is 0.187 e. The lowest BCUT2D eigenvalue weighted by Crippen LogP contribution is -2.64. The van der Waals surface area contributed by atoms with E-state index in [9.17, 15) is 5.11 Å². The SMILES string of the molecule is CC1(C)O[C@@H]2[C@H](O1)[C@@H](OCc1ccccc1)O[C@@H]2[C@H](OCc1ccccc1)[C@@](N)(CO)COCc1ccccc1. The third-order valence-electron chi connectivity index (χ3n) is 7.22. The standard InChI is InChI=1S/C32H39NO7/c1-31(2)39-26-27(38-30(28(26)40-31)37-20-25-16-10-5-11-17-25)29(36-19-24-14-8-4-9-15-24)32(33,21-34)22-35-18-23-12-6-3-7-13-23/h3-17,26-30,34H,18-22,33H2,1-2H3/t26-,27-,28-,29-,30-,32+/m0/s1. The molecular weight excluding hydrogens is 510 g/mol. The fourth-order valence-corrected chi connectivity index (χ4v) is 5.22. The molecule has 3 N–H and O–H groups in total. The molecule has 2 fully saturated rings. The Morgan fingerprint density at radius 1 is 0.800 bits per heavy atom. The zero-order valence-electron chi connectivity index (χ0n) is 23.1. The van der Waals surface area contributed by atoms with Crippen LogP contribution in [0, 0.1) is 0 Å². The van der Waals surface area contributed by atoms with Crippen molar-refractivity contribution < 1.29 is 33.5 Å². The van der Waals surface area contributed by atoms with Gasteiger partial charge in [0.25, 0.3) is 0 Å². The van der Waals surface area contributed by atoms with E-state index >= 15 is 0 Å². The van der Waals surface area contributed by atoms with Crippen LogP contribution in [-0.4, -0.2) is 60.4 Å². The molecule has 8 nitrogen and oxygen atoms in total. The van der Waals surface area contributed by atoms with Crippen molar-refractivity contribution in [3.05, 3.63) is 108 Å². The number of ether oxygens (including phenoxy) is 6. The summed E-state index contributed by atoms with van der Waals surface area (Å²) in [6.45, 7) is 4.32. The molecule has 0 bridgehead atoms. The monoisotopic (exact) mass is 549 g/mol. The number of hydrogen-bond donors (Lipinski definition) is 2. The molecule has 2 heterocycles. The molecule has 3 aromatic rings. The van der Waals surface area contributed by atoms with Gasteiger partial charge in [0.05, 0.1) is 38.6 Å². The van der Waals surface area contributed by atoms with Crippen molar-refractivity contribution in [2.45, 2.75) is 75.7 Å². The minimum Gasteiger partial charge on any atom is -0.394 e. The summed E-state index contributed by atoms with van der Waals surface area (Å²) in [6.07, 6.45) is -3.23. The van der Waals surface area contributed by atoms with E-state index in [1.54, 1.807) is 0 Å². The van der Waals surface area contributed by atoms with Crippen molar-refractivity contribution in [3.8, 4) is 0 Å². The Hall–Kier alpha value is -2.66. The Labute approximate surface area is 235 Å². The lowest BCUT2D eigenvalue weighted by atomic mass is 9.88. The maximum Gasteiger partial charge on any atom is 0.187 e. The van der Waals surface area contributed by atoms with E-state index in [0.717, 1.165) is 16.7 Å². The molecule has 2 aliphatic heterocycles. The first kappa shape index (κ1) is 28.9. The quantitative estimate of drug-likeness (QED) is 0.331. The van der Waals surface area contributed by atoms with Gasteiger partial charge in [-0.3, -0.25) is 0 Å². The molecule has 40 heavy (non-hydrogen) atoms. The van der Waals surface area contributed by atoms with Crippen LogP contribution in [0.4, 0.5) is 0 Å². The molecular formula is C32H39NO7. The molecule has 8 heteroatoms. The van der Waals surface area contributed by atoms with Gasteiger partial charge >= 0.3 is 0 Å². The zero-order chi connectivity index (χ0) is 28.0. The molecule has 2 aliphatic rings. The van der Waals surface area contributed by atoms with Crippen molar-refractivity contribution in [2.75, 3.05) is 13.2 Å². The maximum atomic E-state index is 10.6. The molecule has 3 aromatic carbocycles. The van der Waals surface area contributed by atoms with E-state index in [4.69, 9.17) is 34.2 Å². The van der Waals surface area contributed by atoms with Crippen LogP contribution in [0.1, 0.15) is 30.5 Å². The van der Waals surface area contributed by atoms with Gasteiger partial charge in [-0.15, -0.1) is 0 Å². The van der Waals surface area contributed by atoms with E-state index in [1.807, 2.05) is 105 Å². The summed E-state index contributed by atoms with van der Waals surface area (Å²) in [5.41, 5.74) is 8.57. The van der Waals surface area contributed by atoms with Crippen LogP contribution in [0.2, 0.25) is 0 Å². The Balaban J connectivity index is 1.37. The molecule has 0 aromatic heterocycles. The van der Waals surface area contributed by atoms with E-state index in [-0.39, 0.29) is 13.2 Å². The number of fused-ring (bicyclic) bond motifs is 1. The van der Waals surface area contributed by atoms with Gasteiger partial charge in [0.15, 0.2) is 12.1 Å². The Bertz CT molecular complexity index is 1180. The number of benzene rings is 3. The lowest BCUT2D eigenvalue weighted by Gasteiger charge is -2.40. The normalized spacial score (nSPS) is 25.8. The van der Waals surface area contributed by atoms with Crippen LogP contribution in [0.3, 0.4) is 0 Å². The molecule has 0 aliphatic carbocycles. The van der Waals surface area contributed by atoms with Gasteiger partial charge in [0.1, 0.15) is 24.4 Å². The molecule has 214 valence electrons. The number of aliphatic hydroxyl groups excluding tert-OH is 1. The van der Waals surface area contributed by atoms with E-state index < -0.39 is 48.6 Å². The molecule has 0 saturated carbocycles. The van der Waals surface area contributed by atoms with Gasteiger partial charge in [-0.05, 0) is 30.5 Å². The van der Waals surface area contributed by atoms with Crippen molar-refractivity contribution in [3.63, 3.8) is 0 Å². The van der Waals surface area contributed by atoms with E-state index in [1.165, 1.54) is 0 Å². The first-order valence-corrected chi connectivity index (χ1v) is 13.7. The highest BCUT2D eigenvalue weighted by Crippen LogP contribution is 2.42. The van der Waals surface area contributed by atoms with E-state index in [2.05, 4.69) is 0 Å².